The molecule has 1 spiro atoms. The molecular formula is C18H29N3. The van der Waals surface area contributed by atoms with Crippen LogP contribution >= 0.6 is 0 Å². The van der Waals surface area contributed by atoms with Gasteiger partial charge in [0.25, 0.3) is 0 Å². The second-order valence-corrected chi connectivity index (χ2v) is 7.97. The van der Waals surface area contributed by atoms with Crippen molar-refractivity contribution in [1.82, 2.24) is 15.2 Å². The maximum Gasteiger partial charge on any atom is 0.0338 e. The predicted octanol–water partition coefficient (Wildman–Crippen LogP) is 3.21. The lowest BCUT2D eigenvalue weighted by molar-refractivity contribution is 0.0107. The number of hydrogen-bond donors (Lipinski definition) is 1. The normalized spacial score (nSPS) is 26.3. The molecule has 1 aliphatic heterocycles. The van der Waals surface area contributed by atoms with E-state index in [0.717, 1.165) is 19.6 Å². The van der Waals surface area contributed by atoms with Crippen molar-refractivity contribution in [3.63, 3.8) is 0 Å². The van der Waals surface area contributed by atoms with Gasteiger partial charge in [-0.3, -0.25) is 9.88 Å². The molecule has 1 saturated heterocycles. The number of piperazine rings is 1. The molecule has 1 unspecified atom stereocenters. The Kier molecular flexibility index (Phi) is 4.06. The first-order valence-electron chi connectivity index (χ1n) is 8.37. The molecule has 3 heteroatoms. The summed E-state index contributed by atoms with van der Waals surface area (Å²) in [6.07, 6.45) is 9.34. The van der Waals surface area contributed by atoms with Gasteiger partial charge in [0, 0.05) is 43.6 Å². The average molecular weight is 287 g/mol. The fraction of sp³-hybridized carbons (Fsp3) is 0.722. The van der Waals surface area contributed by atoms with E-state index in [1.54, 1.807) is 0 Å². The molecule has 2 aliphatic rings. The van der Waals surface area contributed by atoms with Crippen LogP contribution in [-0.4, -0.2) is 34.6 Å². The first kappa shape index (κ1) is 15.0. The van der Waals surface area contributed by atoms with E-state index >= 15 is 0 Å². The monoisotopic (exact) mass is 287 g/mol. The van der Waals surface area contributed by atoms with E-state index in [9.17, 15) is 0 Å². The summed E-state index contributed by atoms with van der Waals surface area (Å²) in [6, 6.07) is 4.84. The Morgan fingerprint density at radius 2 is 2.10 bits per heavy atom. The number of aromatic nitrogens is 1. The van der Waals surface area contributed by atoms with Crippen LogP contribution in [0.1, 0.15) is 52.0 Å². The highest BCUT2D eigenvalue weighted by Crippen LogP contribution is 2.39. The highest BCUT2D eigenvalue weighted by Gasteiger charge is 2.45. The van der Waals surface area contributed by atoms with E-state index in [0.29, 0.717) is 17.0 Å². The first-order chi connectivity index (χ1) is 10.00. The van der Waals surface area contributed by atoms with Gasteiger partial charge in [0.1, 0.15) is 0 Å². The zero-order valence-electron chi connectivity index (χ0n) is 13.7. The lowest BCUT2D eigenvalue weighted by Crippen LogP contribution is -2.65. The average Bonchev–Trinajstić information content (AvgIpc) is 2.91. The van der Waals surface area contributed by atoms with Gasteiger partial charge in [-0.25, -0.2) is 0 Å². The van der Waals surface area contributed by atoms with Gasteiger partial charge in [-0.2, -0.15) is 0 Å². The number of nitrogens with zero attached hydrogens (tertiary/aromatic N) is 2. The minimum atomic E-state index is 0.313. The summed E-state index contributed by atoms with van der Waals surface area (Å²) in [5, 5.41) is 3.85. The third-order valence-electron chi connectivity index (χ3n) is 5.43. The lowest BCUT2D eigenvalue weighted by atomic mass is 9.81. The fourth-order valence-corrected chi connectivity index (χ4v) is 3.95. The molecule has 0 radical (unpaired) electrons. The number of hydrogen-bond acceptors (Lipinski definition) is 3. The summed E-state index contributed by atoms with van der Waals surface area (Å²) >= 11 is 0. The Hall–Kier alpha value is -0.930. The van der Waals surface area contributed by atoms with Crippen molar-refractivity contribution in [2.24, 2.45) is 5.41 Å². The maximum atomic E-state index is 4.29. The topological polar surface area (TPSA) is 28.2 Å². The molecule has 1 N–H and O–H groups in total. The SMILES string of the molecule is CC(C)(C)C1CN(Cc2cccnc2)C2(CCCC2)CN1. The van der Waals surface area contributed by atoms with Crippen LogP contribution in [0.2, 0.25) is 0 Å². The first-order valence-corrected chi connectivity index (χ1v) is 8.37. The van der Waals surface area contributed by atoms with E-state index in [1.165, 1.54) is 31.2 Å². The van der Waals surface area contributed by atoms with Crippen LogP contribution < -0.4 is 5.32 Å². The molecule has 0 bridgehead atoms. The van der Waals surface area contributed by atoms with Crippen LogP contribution in [0.5, 0.6) is 0 Å². The summed E-state index contributed by atoms with van der Waals surface area (Å²) in [6.45, 7) is 10.4. The molecule has 1 atom stereocenters. The van der Waals surface area contributed by atoms with Crippen molar-refractivity contribution in [3.8, 4) is 0 Å². The molecule has 2 heterocycles. The number of nitrogens with one attached hydrogen (secondary N) is 1. The molecule has 21 heavy (non-hydrogen) atoms. The Morgan fingerprint density at radius 1 is 1.33 bits per heavy atom. The van der Waals surface area contributed by atoms with Gasteiger partial charge < -0.3 is 5.32 Å². The van der Waals surface area contributed by atoms with E-state index < -0.39 is 0 Å². The summed E-state index contributed by atoms with van der Waals surface area (Å²) in [5.74, 6) is 0. The van der Waals surface area contributed by atoms with E-state index in [-0.39, 0.29) is 0 Å². The molecule has 0 aromatic carbocycles. The van der Waals surface area contributed by atoms with Crippen LogP contribution in [0.4, 0.5) is 0 Å². The molecular weight excluding hydrogens is 258 g/mol. The third kappa shape index (κ3) is 3.14. The van der Waals surface area contributed by atoms with Crippen molar-refractivity contribution in [2.45, 2.75) is 64.6 Å². The smallest absolute Gasteiger partial charge is 0.0338 e. The summed E-state index contributed by atoms with van der Waals surface area (Å²) in [7, 11) is 0. The van der Waals surface area contributed by atoms with Crippen molar-refractivity contribution >= 4 is 0 Å². The second-order valence-electron chi connectivity index (χ2n) is 7.97. The van der Waals surface area contributed by atoms with Gasteiger partial charge in [0.05, 0.1) is 0 Å². The van der Waals surface area contributed by atoms with Crippen LogP contribution in [0.25, 0.3) is 0 Å². The highest BCUT2D eigenvalue weighted by atomic mass is 15.3. The Balaban J connectivity index is 1.80. The highest BCUT2D eigenvalue weighted by molar-refractivity contribution is 5.12. The fourth-order valence-electron chi connectivity index (χ4n) is 3.95. The van der Waals surface area contributed by atoms with Crippen molar-refractivity contribution in [2.75, 3.05) is 13.1 Å². The molecule has 2 fully saturated rings. The van der Waals surface area contributed by atoms with Crippen molar-refractivity contribution in [3.05, 3.63) is 30.1 Å². The van der Waals surface area contributed by atoms with Crippen molar-refractivity contribution in [1.29, 1.82) is 0 Å². The summed E-state index contributed by atoms with van der Waals surface area (Å²) in [5.41, 5.74) is 2.05. The quantitative estimate of drug-likeness (QED) is 0.905. The van der Waals surface area contributed by atoms with E-state index in [2.05, 4.69) is 48.1 Å². The molecule has 1 aliphatic carbocycles. The Morgan fingerprint density at radius 3 is 2.71 bits per heavy atom. The van der Waals surface area contributed by atoms with E-state index in [4.69, 9.17) is 0 Å². The summed E-state index contributed by atoms with van der Waals surface area (Å²) < 4.78 is 0. The van der Waals surface area contributed by atoms with Gasteiger partial charge >= 0.3 is 0 Å². The molecule has 116 valence electrons. The zero-order valence-corrected chi connectivity index (χ0v) is 13.7. The molecule has 1 saturated carbocycles. The van der Waals surface area contributed by atoms with Crippen LogP contribution in [0, 0.1) is 5.41 Å². The van der Waals surface area contributed by atoms with Gasteiger partial charge in [-0.1, -0.05) is 39.7 Å². The minimum absolute atomic E-state index is 0.313. The molecule has 3 nitrogen and oxygen atoms in total. The second kappa shape index (κ2) is 5.69. The molecule has 0 amide bonds. The number of pyridine rings is 1. The van der Waals surface area contributed by atoms with Gasteiger partial charge in [0.2, 0.25) is 0 Å². The predicted molar refractivity (Wildman–Crippen MR) is 87.1 cm³/mol. The molecule has 1 aromatic rings. The van der Waals surface area contributed by atoms with Gasteiger partial charge in [-0.05, 0) is 29.9 Å². The van der Waals surface area contributed by atoms with Crippen LogP contribution in [0.3, 0.4) is 0 Å². The third-order valence-corrected chi connectivity index (χ3v) is 5.43. The Labute approximate surface area is 129 Å². The van der Waals surface area contributed by atoms with Gasteiger partial charge in [0.15, 0.2) is 0 Å². The minimum Gasteiger partial charge on any atom is -0.310 e. The molecule has 3 rings (SSSR count). The zero-order chi connectivity index (χ0) is 14.9. The van der Waals surface area contributed by atoms with Gasteiger partial charge in [-0.15, -0.1) is 0 Å². The van der Waals surface area contributed by atoms with Crippen molar-refractivity contribution < 1.29 is 0 Å². The van der Waals surface area contributed by atoms with Crippen LogP contribution in [-0.2, 0) is 6.54 Å². The number of rotatable bonds is 2. The Bertz CT molecular complexity index is 457. The van der Waals surface area contributed by atoms with E-state index in [1.807, 2.05) is 12.4 Å². The standard InChI is InChI=1S/C18H29N3/c1-17(2,3)16-13-21(12-15-7-6-10-19-11-15)18(14-20-16)8-4-5-9-18/h6-7,10-11,16,20H,4-5,8-9,12-14H2,1-3H3. The summed E-state index contributed by atoms with van der Waals surface area (Å²) in [4.78, 5) is 7.04. The largest absolute Gasteiger partial charge is 0.310 e. The maximum absolute atomic E-state index is 4.29. The van der Waals surface area contributed by atoms with Crippen LogP contribution in [0.15, 0.2) is 24.5 Å². The lowest BCUT2D eigenvalue weighted by Gasteiger charge is -2.51. The molecule has 1 aromatic heterocycles.